The van der Waals surface area contributed by atoms with E-state index in [2.05, 4.69) is 22.2 Å². The quantitative estimate of drug-likeness (QED) is 0.778. The molecule has 2 heterocycles. The van der Waals surface area contributed by atoms with Gasteiger partial charge in [0.15, 0.2) is 11.5 Å². The largest absolute Gasteiger partial charge is 0.359 e. The third-order valence-corrected chi connectivity index (χ3v) is 4.86. The number of hydrogen-bond acceptors (Lipinski definition) is 5. The standard InChI is InChI=1S/C20H26N4O3/c1-4-18-20(26)23(3)10-11-24(18)19(25)17-12-16(27-21-17)14-22(2)13-15-8-6-5-7-9-15/h5-9,12,18H,4,10-11,13-14H2,1-3H3/t18-/m1/s1. The van der Waals surface area contributed by atoms with Gasteiger partial charge < -0.3 is 14.3 Å². The van der Waals surface area contributed by atoms with Crippen LogP contribution in [0.1, 0.15) is 35.2 Å². The van der Waals surface area contributed by atoms with Crippen LogP contribution in [0.4, 0.5) is 0 Å². The number of aromatic nitrogens is 1. The van der Waals surface area contributed by atoms with Crippen LogP contribution in [-0.4, -0.2) is 64.9 Å². The molecule has 1 aromatic heterocycles. The summed E-state index contributed by atoms with van der Waals surface area (Å²) in [7, 11) is 3.76. The van der Waals surface area contributed by atoms with E-state index < -0.39 is 6.04 Å². The molecule has 2 amide bonds. The van der Waals surface area contributed by atoms with Crippen LogP contribution >= 0.6 is 0 Å². The van der Waals surface area contributed by atoms with E-state index >= 15 is 0 Å². The van der Waals surface area contributed by atoms with Gasteiger partial charge in [-0.25, -0.2) is 0 Å². The monoisotopic (exact) mass is 370 g/mol. The van der Waals surface area contributed by atoms with Crippen molar-refractivity contribution >= 4 is 11.8 Å². The fourth-order valence-electron chi connectivity index (χ4n) is 3.40. The van der Waals surface area contributed by atoms with E-state index in [1.54, 1.807) is 22.9 Å². The first kappa shape index (κ1) is 19.1. The fourth-order valence-corrected chi connectivity index (χ4v) is 3.40. The third-order valence-electron chi connectivity index (χ3n) is 4.86. The lowest BCUT2D eigenvalue weighted by molar-refractivity contribution is -0.138. The number of carbonyl (C=O) groups excluding carboxylic acids is 2. The van der Waals surface area contributed by atoms with Gasteiger partial charge in [-0.05, 0) is 19.0 Å². The lowest BCUT2D eigenvalue weighted by Crippen LogP contribution is -2.57. The van der Waals surface area contributed by atoms with Crippen molar-refractivity contribution in [3.05, 3.63) is 53.4 Å². The highest BCUT2D eigenvalue weighted by Crippen LogP contribution is 2.18. The van der Waals surface area contributed by atoms with E-state index in [0.29, 0.717) is 31.8 Å². The minimum Gasteiger partial charge on any atom is -0.359 e. The number of hydrogen-bond donors (Lipinski definition) is 0. The molecule has 1 aromatic carbocycles. The van der Waals surface area contributed by atoms with E-state index in [1.165, 1.54) is 5.56 Å². The average Bonchev–Trinajstić information content (AvgIpc) is 3.12. The molecule has 0 aliphatic carbocycles. The maximum Gasteiger partial charge on any atom is 0.276 e. The molecule has 0 unspecified atom stereocenters. The molecule has 0 saturated carbocycles. The Balaban J connectivity index is 1.64. The normalized spacial score (nSPS) is 17.6. The van der Waals surface area contributed by atoms with Crippen molar-refractivity contribution < 1.29 is 14.1 Å². The van der Waals surface area contributed by atoms with Gasteiger partial charge in [-0.3, -0.25) is 14.5 Å². The minimum atomic E-state index is -0.433. The summed E-state index contributed by atoms with van der Waals surface area (Å²) in [6.07, 6.45) is 0.583. The molecular formula is C20H26N4O3. The summed E-state index contributed by atoms with van der Waals surface area (Å²) >= 11 is 0. The Morgan fingerprint density at radius 2 is 2.00 bits per heavy atom. The van der Waals surface area contributed by atoms with Gasteiger partial charge in [-0.2, -0.15) is 0 Å². The highest BCUT2D eigenvalue weighted by molar-refractivity contribution is 5.96. The van der Waals surface area contributed by atoms with Gasteiger partial charge in [0.05, 0.1) is 6.54 Å². The Bertz CT molecular complexity index is 790. The SMILES string of the molecule is CC[C@@H]1C(=O)N(C)CCN1C(=O)c1cc(CN(C)Cc2ccccc2)on1. The number of carbonyl (C=O) groups is 2. The van der Waals surface area contributed by atoms with E-state index in [4.69, 9.17) is 4.52 Å². The summed E-state index contributed by atoms with van der Waals surface area (Å²) in [5.41, 5.74) is 1.46. The molecular weight excluding hydrogens is 344 g/mol. The number of benzene rings is 1. The first-order chi connectivity index (χ1) is 13.0. The molecule has 0 radical (unpaired) electrons. The van der Waals surface area contributed by atoms with Crippen LogP contribution < -0.4 is 0 Å². The fraction of sp³-hybridized carbons (Fsp3) is 0.450. The highest BCUT2D eigenvalue weighted by Gasteiger charge is 2.36. The molecule has 1 saturated heterocycles. The molecule has 3 rings (SSSR count). The molecule has 2 aromatic rings. The van der Waals surface area contributed by atoms with Crippen molar-refractivity contribution in [3.63, 3.8) is 0 Å². The van der Waals surface area contributed by atoms with Gasteiger partial charge in [0, 0.05) is 32.7 Å². The van der Waals surface area contributed by atoms with E-state index in [9.17, 15) is 9.59 Å². The molecule has 1 atom stereocenters. The summed E-state index contributed by atoms with van der Waals surface area (Å²) in [4.78, 5) is 30.5. The van der Waals surface area contributed by atoms with Crippen molar-refractivity contribution in [1.82, 2.24) is 19.9 Å². The summed E-state index contributed by atoms with van der Waals surface area (Å²) < 4.78 is 5.37. The predicted molar refractivity (Wildman–Crippen MR) is 101 cm³/mol. The third kappa shape index (κ3) is 4.36. The molecule has 0 spiro atoms. The lowest BCUT2D eigenvalue weighted by Gasteiger charge is -2.38. The van der Waals surface area contributed by atoms with Gasteiger partial charge in [-0.1, -0.05) is 42.4 Å². The molecule has 1 aliphatic heterocycles. The van der Waals surface area contributed by atoms with Crippen LogP contribution in [-0.2, 0) is 17.9 Å². The van der Waals surface area contributed by atoms with Crippen molar-refractivity contribution in [2.75, 3.05) is 27.2 Å². The Labute approximate surface area is 159 Å². The Morgan fingerprint density at radius 3 is 2.70 bits per heavy atom. The van der Waals surface area contributed by atoms with E-state index in [-0.39, 0.29) is 17.5 Å². The molecule has 1 fully saturated rings. The summed E-state index contributed by atoms with van der Waals surface area (Å²) in [6, 6.07) is 11.4. The number of piperazine rings is 1. The number of rotatable bonds is 6. The van der Waals surface area contributed by atoms with Gasteiger partial charge in [0.25, 0.3) is 5.91 Å². The van der Waals surface area contributed by atoms with E-state index in [0.717, 1.165) is 6.54 Å². The van der Waals surface area contributed by atoms with Crippen molar-refractivity contribution in [2.45, 2.75) is 32.5 Å². The first-order valence-corrected chi connectivity index (χ1v) is 9.23. The van der Waals surface area contributed by atoms with Crippen LogP contribution in [0.25, 0.3) is 0 Å². The molecule has 1 aliphatic rings. The van der Waals surface area contributed by atoms with Crippen molar-refractivity contribution in [2.24, 2.45) is 0 Å². The number of likely N-dealkylation sites (N-methyl/N-ethyl adjacent to an activating group) is 1. The summed E-state index contributed by atoms with van der Waals surface area (Å²) in [5.74, 6) is 0.359. The Morgan fingerprint density at radius 1 is 1.26 bits per heavy atom. The van der Waals surface area contributed by atoms with Gasteiger partial charge in [0.1, 0.15) is 6.04 Å². The minimum absolute atomic E-state index is 0.0246. The Kier molecular flexibility index (Phi) is 5.91. The second kappa shape index (κ2) is 8.35. The topological polar surface area (TPSA) is 69.9 Å². The maximum atomic E-state index is 12.8. The summed E-state index contributed by atoms with van der Waals surface area (Å²) in [6.45, 7) is 4.28. The lowest BCUT2D eigenvalue weighted by atomic mass is 10.1. The van der Waals surface area contributed by atoms with Crippen LogP contribution in [0.15, 0.2) is 40.9 Å². The highest BCUT2D eigenvalue weighted by atomic mass is 16.5. The van der Waals surface area contributed by atoms with Crippen LogP contribution in [0.2, 0.25) is 0 Å². The zero-order valence-corrected chi connectivity index (χ0v) is 16.1. The molecule has 7 nitrogen and oxygen atoms in total. The van der Waals surface area contributed by atoms with Gasteiger partial charge >= 0.3 is 0 Å². The average molecular weight is 370 g/mol. The van der Waals surface area contributed by atoms with Gasteiger partial charge in [0.2, 0.25) is 5.91 Å². The predicted octanol–water partition coefficient (Wildman–Crippen LogP) is 2.00. The maximum absolute atomic E-state index is 12.8. The first-order valence-electron chi connectivity index (χ1n) is 9.23. The van der Waals surface area contributed by atoms with Crippen LogP contribution in [0.5, 0.6) is 0 Å². The second-order valence-electron chi connectivity index (χ2n) is 7.02. The zero-order chi connectivity index (χ0) is 19.4. The molecule has 0 N–H and O–H groups in total. The number of amides is 2. The Hall–Kier alpha value is -2.67. The summed E-state index contributed by atoms with van der Waals surface area (Å²) in [5, 5.41) is 3.95. The van der Waals surface area contributed by atoms with Crippen LogP contribution in [0, 0.1) is 0 Å². The van der Waals surface area contributed by atoms with Crippen LogP contribution in [0.3, 0.4) is 0 Å². The second-order valence-corrected chi connectivity index (χ2v) is 7.02. The van der Waals surface area contributed by atoms with Crippen molar-refractivity contribution in [3.8, 4) is 0 Å². The van der Waals surface area contributed by atoms with Crippen molar-refractivity contribution in [1.29, 1.82) is 0 Å². The molecule has 7 heteroatoms. The number of nitrogens with zero attached hydrogens (tertiary/aromatic N) is 4. The zero-order valence-electron chi connectivity index (χ0n) is 16.1. The smallest absolute Gasteiger partial charge is 0.276 e. The van der Waals surface area contributed by atoms with Gasteiger partial charge in [-0.15, -0.1) is 0 Å². The van der Waals surface area contributed by atoms with E-state index in [1.807, 2.05) is 32.2 Å². The molecule has 144 valence electrons. The molecule has 0 bridgehead atoms. The molecule has 27 heavy (non-hydrogen) atoms.